The Labute approximate surface area is 149 Å². The zero-order valence-electron chi connectivity index (χ0n) is 12.8. The topological polar surface area (TPSA) is 42.7 Å². The molecule has 0 saturated heterocycles. The largest absolute Gasteiger partial charge is 0.416 e. The summed E-state index contributed by atoms with van der Waals surface area (Å²) in [6.07, 6.45) is -0.263. The van der Waals surface area contributed by atoms with Gasteiger partial charge in [0.1, 0.15) is 5.82 Å². The Kier molecular flexibility index (Phi) is 3.79. The molecule has 3 aromatic rings. The van der Waals surface area contributed by atoms with Crippen LogP contribution in [0.25, 0.3) is 16.9 Å². The maximum Gasteiger partial charge on any atom is 0.416 e. The van der Waals surface area contributed by atoms with E-state index in [1.54, 1.807) is 18.5 Å². The van der Waals surface area contributed by atoms with E-state index in [-0.39, 0.29) is 0 Å². The van der Waals surface area contributed by atoms with Crippen molar-refractivity contribution in [1.29, 1.82) is 0 Å². The van der Waals surface area contributed by atoms with Gasteiger partial charge in [-0.05, 0) is 46.6 Å². The number of aromatic nitrogens is 3. The first kappa shape index (κ1) is 16.1. The zero-order valence-corrected chi connectivity index (χ0v) is 14.4. The highest BCUT2D eigenvalue weighted by molar-refractivity contribution is 9.10. The summed E-state index contributed by atoms with van der Waals surface area (Å²) in [5.41, 5.74) is 2.20. The number of alkyl halides is 3. The Morgan fingerprint density at radius 1 is 1.16 bits per heavy atom. The molecule has 0 amide bonds. The van der Waals surface area contributed by atoms with E-state index in [1.807, 2.05) is 6.07 Å². The van der Waals surface area contributed by atoms with Gasteiger partial charge >= 0.3 is 6.18 Å². The number of pyridine rings is 1. The fraction of sp³-hybridized carbons (Fsp3) is 0.176. The van der Waals surface area contributed by atoms with Gasteiger partial charge in [0.15, 0.2) is 0 Å². The lowest BCUT2D eigenvalue weighted by atomic mass is 10.1. The molecule has 3 heterocycles. The maximum atomic E-state index is 13.0. The quantitative estimate of drug-likeness (QED) is 0.668. The minimum Gasteiger partial charge on any atom is -0.369 e. The van der Waals surface area contributed by atoms with E-state index >= 15 is 0 Å². The molecule has 1 aliphatic rings. The second kappa shape index (κ2) is 5.87. The van der Waals surface area contributed by atoms with E-state index in [0.29, 0.717) is 5.69 Å². The van der Waals surface area contributed by atoms with Crippen LogP contribution in [-0.4, -0.2) is 21.3 Å². The molecule has 0 unspecified atom stereocenters. The number of rotatable bonds is 2. The Morgan fingerprint density at radius 3 is 2.76 bits per heavy atom. The Bertz CT molecular complexity index is 949. The van der Waals surface area contributed by atoms with E-state index in [1.165, 1.54) is 10.7 Å². The Hall–Kier alpha value is -2.35. The van der Waals surface area contributed by atoms with Gasteiger partial charge in [-0.1, -0.05) is 6.07 Å². The predicted octanol–water partition coefficient (Wildman–Crippen LogP) is 4.68. The summed E-state index contributed by atoms with van der Waals surface area (Å²) in [5, 5.41) is 7.78. The van der Waals surface area contributed by atoms with Crippen LogP contribution < -0.4 is 5.32 Å². The Morgan fingerprint density at radius 2 is 2.00 bits per heavy atom. The van der Waals surface area contributed by atoms with Crippen molar-refractivity contribution in [2.45, 2.75) is 12.6 Å². The first-order valence-electron chi connectivity index (χ1n) is 7.58. The minimum absolute atomic E-state index is 0.370. The number of hydrogen-bond donors (Lipinski definition) is 1. The molecule has 0 spiro atoms. The Balaban J connectivity index is 1.86. The molecule has 1 N–H and O–H groups in total. The van der Waals surface area contributed by atoms with Crippen molar-refractivity contribution in [1.82, 2.24) is 14.8 Å². The molecule has 0 aliphatic carbocycles. The minimum atomic E-state index is -4.39. The molecule has 2 aromatic heterocycles. The third-order valence-electron chi connectivity index (χ3n) is 4.05. The van der Waals surface area contributed by atoms with Crippen LogP contribution in [0.5, 0.6) is 0 Å². The van der Waals surface area contributed by atoms with Crippen molar-refractivity contribution >= 4 is 21.7 Å². The summed E-state index contributed by atoms with van der Waals surface area (Å²) < 4.78 is 41.4. The molecule has 8 heteroatoms. The van der Waals surface area contributed by atoms with Gasteiger partial charge in [-0.3, -0.25) is 4.98 Å². The molecule has 1 aliphatic heterocycles. The van der Waals surface area contributed by atoms with E-state index in [4.69, 9.17) is 0 Å². The first-order chi connectivity index (χ1) is 11.9. The number of halogens is 4. The van der Waals surface area contributed by atoms with Crippen molar-refractivity contribution in [2.24, 2.45) is 0 Å². The standard InChI is InChI=1S/C17H12BrF3N4/c18-12-6-10(8-22-9-12)15-14-4-5-23-16(14)25(24-15)13-3-1-2-11(7-13)17(19,20)21/h1-3,6-9,23H,4-5H2. The molecule has 0 fully saturated rings. The van der Waals surface area contributed by atoms with Crippen LogP contribution in [0.3, 0.4) is 0 Å². The van der Waals surface area contributed by atoms with Gasteiger partial charge in [0.2, 0.25) is 0 Å². The molecule has 25 heavy (non-hydrogen) atoms. The van der Waals surface area contributed by atoms with E-state index < -0.39 is 11.7 Å². The lowest BCUT2D eigenvalue weighted by Gasteiger charge is -2.10. The molecule has 4 nitrogen and oxygen atoms in total. The van der Waals surface area contributed by atoms with Crippen LogP contribution in [0.1, 0.15) is 11.1 Å². The monoisotopic (exact) mass is 408 g/mol. The first-order valence-corrected chi connectivity index (χ1v) is 8.37. The van der Waals surface area contributed by atoms with Crippen LogP contribution in [0, 0.1) is 0 Å². The maximum absolute atomic E-state index is 13.0. The third kappa shape index (κ3) is 2.90. The van der Waals surface area contributed by atoms with Crippen LogP contribution >= 0.6 is 15.9 Å². The summed E-state index contributed by atoms with van der Waals surface area (Å²) >= 11 is 3.39. The predicted molar refractivity (Wildman–Crippen MR) is 91.7 cm³/mol. The summed E-state index contributed by atoms with van der Waals surface area (Å²) in [6.45, 7) is 0.723. The lowest BCUT2D eigenvalue weighted by Crippen LogP contribution is -2.08. The molecule has 128 valence electrons. The fourth-order valence-corrected chi connectivity index (χ4v) is 3.31. The molecular formula is C17H12BrF3N4. The van der Waals surface area contributed by atoms with Crippen molar-refractivity contribution in [2.75, 3.05) is 11.9 Å². The van der Waals surface area contributed by atoms with E-state index in [2.05, 4.69) is 31.3 Å². The summed E-state index contributed by atoms with van der Waals surface area (Å²) in [6, 6.07) is 7.06. The molecule has 0 radical (unpaired) electrons. The number of nitrogens with zero attached hydrogens (tertiary/aromatic N) is 3. The van der Waals surface area contributed by atoms with Gasteiger partial charge in [0.05, 0.1) is 16.9 Å². The number of benzene rings is 1. The van der Waals surface area contributed by atoms with Gasteiger partial charge < -0.3 is 5.32 Å². The molecule has 1 aromatic carbocycles. The van der Waals surface area contributed by atoms with Gasteiger partial charge in [-0.25, -0.2) is 4.68 Å². The smallest absolute Gasteiger partial charge is 0.369 e. The van der Waals surface area contributed by atoms with Gasteiger partial charge in [0, 0.05) is 34.5 Å². The van der Waals surface area contributed by atoms with E-state index in [0.717, 1.165) is 52.2 Å². The number of anilines is 1. The highest BCUT2D eigenvalue weighted by Crippen LogP contribution is 2.36. The molecule has 0 atom stereocenters. The summed E-state index contributed by atoms with van der Waals surface area (Å²) in [5.74, 6) is 0.731. The lowest BCUT2D eigenvalue weighted by molar-refractivity contribution is -0.137. The molecule has 0 bridgehead atoms. The number of hydrogen-bond acceptors (Lipinski definition) is 3. The van der Waals surface area contributed by atoms with Crippen LogP contribution in [0.4, 0.5) is 19.0 Å². The van der Waals surface area contributed by atoms with Crippen molar-refractivity contribution in [3.8, 4) is 16.9 Å². The highest BCUT2D eigenvalue weighted by Gasteiger charge is 2.31. The van der Waals surface area contributed by atoms with Gasteiger partial charge in [-0.15, -0.1) is 0 Å². The SMILES string of the molecule is FC(F)(F)c1cccc(-n2nc(-c3cncc(Br)c3)c3c2NCC3)c1. The van der Waals surface area contributed by atoms with Gasteiger partial charge in [0.25, 0.3) is 0 Å². The van der Waals surface area contributed by atoms with Crippen LogP contribution in [-0.2, 0) is 12.6 Å². The second-order valence-corrected chi connectivity index (χ2v) is 6.62. The molecule has 0 saturated carbocycles. The normalized spacial score (nSPS) is 13.6. The zero-order chi connectivity index (χ0) is 17.6. The molecular weight excluding hydrogens is 397 g/mol. The van der Waals surface area contributed by atoms with E-state index in [9.17, 15) is 13.2 Å². The average molecular weight is 409 g/mol. The van der Waals surface area contributed by atoms with Crippen molar-refractivity contribution in [3.63, 3.8) is 0 Å². The highest BCUT2D eigenvalue weighted by atomic mass is 79.9. The third-order valence-corrected chi connectivity index (χ3v) is 4.48. The summed E-state index contributed by atoms with van der Waals surface area (Å²) in [4.78, 5) is 4.15. The number of nitrogens with one attached hydrogen (secondary N) is 1. The van der Waals surface area contributed by atoms with Crippen LogP contribution in [0.2, 0.25) is 0 Å². The number of fused-ring (bicyclic) bond motifs is 1. The molecule has 4 rings (SSSR count). The van der Waals surface area contributed by atoms with Crippen molar-refractivity contribution < 1.29 is 13.2 Å². The second-order valence-electron chi connectivity index (χ2n) is 5.70. The van der Waals surface area contributed by atoms with Gasteiger partial charge in [-0.2, -0.15) is 18.3 Å². The van der Waals surface area contributed by atoms with Crippen LogP contribution in [0.15, 0.2) is 47.2 Å². The average Bonchev–Trinajstić information content (AvgIpc) is 3.16. The fourth-order valence-electron chi connectivity index (χ4n) is 2.95. The van der Waals surface area contributed by atoms with Crippen molar-refractivity contribution in [3.05, 3.63) is 58.3 Å². The summed E-state index contributed by atoms with van der Waals surface area (Å²) in [7, 11) is 0.